The number of allylic oxidation sites excluding steroid dienone is 1. The van der Waals surface area contributed by atoms with Gasteiger partial charge in [-0.2, -0.15) is 0 Å². The third kappa shape index (κ3) is 4.65. The molecule has 10 rings (SSSR count). The SMILES string of the molecule is Cc1cccc(C)c1-n1c2ccccc2c2ccc(-n3c4ccccc4c4ccccc43)c(C3=CC(c4ccccc4)=[NH+]C(c4ccccc4)N3)c21. The summed E-state index contributed by atoms with van der Waals surface area (Å²) in [6, 6.07) is 59.1. The van der Waals surface area contributed by atoms with Crippen LogP contribution in [0.25, 0.3) is 60.7 Å². The van der Waals surface area contributed by atoms with Gasteiger partial charge in [-0.05, 0) is 61.4 Å². The lowest BCUT2D eigenvalue weighted by molar-refractivity contribution is -0.515. The van der Waals surface area contributed by atoms with Crippen molar-refractivity contribution in [2.24, 2.45) is 0 Å². The minimum Gasteiger partial charge on any atom is -0.323 e. The molecule has 2 aromatic heterocycles. The lowest BCUT2D eigenvalue weighted by Gasteiger charge is -2.25. The van der Waals surface area contributed by atoms with Crippen molar-refractivity contribution in [2.75, 3.05) is 0 Å². The number of rotatable bonds is 5. The molecule has 0 spiro atoms. The van der Waals surface area contributed by atoms with Crippen LogP contribution in [0.15, 0.2) is 170 Å². The maximum Gasteiger partial charge on any atom is 0.251 e. The van der Waals surface area contributed by atoms with Gasteiger partial charge < -0.3 is 14.5 Å². The molecule has 4 nitrogen and oxygen atoms in total. The van der Waals surface area contributed by atoms with Crippen molar-refractivity contribution in [3.05, 3.63) is 198 Å². The van der Waals surface area contributed by atoms with Crippen LogP contribution >= 0.6 is 0 Å². The quantitative estimate of drug-likeness (QED) is 0.188. The number of aromatic nitrogens is 2. The second-order valence-electron chi connectivity index (χ2n) is 13.8. The van der Waals surface area contributed by atoms with E-state index in [1.807, 2.05) is 0 Å². The van der Waals surface area contributed by atoms with Crippen LogP contribution < -0.4 is 10.3 Å². The topological polar surface area (TPSA) is 35.9 Å². The van der Waals surface area contributed by atoms with E-state index in [0.29, 0.717) is 0 Å². The average Bonchev–Trinajstić information content (AvgIpc) is 3.71. The van der Waals surface area contributed by atoms with Crippen LogP contribution in [0.5, 0.6) is 0 Å². The van der Waals surface area contributed by atoms with Gasteiger partial charge in [0.05, 0.1) is 39.1 Å². The molecule has 0 saturated heterocycles. The number of fused-ring (bicyclic) bond motifs is 6. The van der Waals surface area contributed by atoms with E-state index >= 15 is 0 Å². The van der Waals surface area contributed by atoms with Gasteiger partial charge in [-0.15, -0.1) is 0 Å². The summed E-state index contributed by atoms with van der Waals surface area (Å²) in [6.45, 7) is 4.46. The maximum atomic E-state index is 4.03. The summed E-state index contributed by atoms with van der Waals surface area (Å²) in [6.07, 6.45) is 2.16. The summed E-state index contributed by atoms with van der Waals surface area (Å²) in [5.41, 5.74) is 15.1. The first-order valence-electron chi connectivity index (χ1n) is 18.0. The van der Waals surface area contributed by atoms with Crippen LogP contribution in [0.2, 0.25) is 0 Å². The fraction of sp³-hybridized carbons (Fsp3) is 0.0625. The summed E-state index contributed by atoms with van der Waals surface area (Å²) in [5, 5.41) is 8.97. The van der Waals surface area contributed by atoms with Crippen molar-refractivity contribution in [3.63, 3.8) is 0 Å². The Kier molecular flexibility index (Phi) is 6.97. The fourth-order valence-corrected chi connectivity index (χ4v) is 8.39. The molecule has 0 fully saturated rings. The Hall–Kier alpha value is -6.65. The summed E-state index contributed by atoms with van der Waals surface area (Å²) < 4.78 is 4.99. The molecule has 1 aliphatic heterocycles. The van der Waals surface area contributed by atoms with E-state index < -0.39 is 0 Å². The first-order chi connectivity index (χ1) is 25.7. The molecule has 0 bridgehead atoms. The number of benzene rings is 7. The van der Waals surface area contributed by atoms with Gasteiger partial charge in [0, 0.05) is 44.3 Å². The molecule has 0 saturated carbocycles. The molecular weight excluding hydrogens is 633 g/mol. The van der Waals surface area contributed by atoms with E-state index in [4.69, 9.17) is 0 Å². The number of hydrogen-bond donors (Lipinski definition) is 2. The molecule has 0 radical (unpaired) electrons. The lowest BCUT2D eigenvalue weighted by atomic mass is 9.98. The Morgan fingerprint density at radius 1 is 0.500 bits per heavy atom. The number of aryl methyl sites for hydroxylation is 2. The van der Waals surface area contributed by atoms with Gasteiger partial charge >= 0.3 is 0 Å². The normalized spacial score (nSPS) is 14.5. The zero-order chi connectivity index (χ0) is 34.8. The minimum atomic E-state index is -0.157. The van der Waals surface area contributed by atoms with E-state index in [2.05, 4.69) is 203 Å². The Morgan fingerprint density at radius 2 is 1.04 bits per heavy atom. The van der Waals surface area contributed by atoms with Crippen LogP contribution in [0, 0.1) is 13.8 Å². The van der Waals surface area contributed by atoms with E-state index in [-0.39, 0.29) is 6.17 Å². The third-order valence-corrected chi connectivity index (χ3v) is 10.7. The number of para-hydroxylation sites is 4. The van der Waals surface area contributed by atoms with Gasteiger partial charge in [0.2, 0.25) is 5.71 Å². The Morgan fingerprint density at radius 3 is 1.67 bits per heavy atom. The highest BCUT2D eigenvalue weighted by Gasteiger charge is 2.30. The first kappa shape index (κ1) is 30.2. The summed E-state index contributed by atoms with van der Waals surface area (Å²) in [4.78, 5) is 3.85. The van der Waals surface area contributed by atoms with Crippen LogP contribution in [0.4, 0.5) is 0 Å². The van der Waals surface area contributed by atoms with Crippen LogP contribution in [-0.4, -0.2) is 14.8 Å². The molecule has 9 aromatic rings. The van der Waals surface area contributed by atoms with Crippen molar-refractivity contribution in [1.82, 2.24) is 14.5 Å². The van der Waals surface area contributed by atoms with E-state index in [9.17, 15) is 0 Å². The molecule has 1 unspecified atom stereocenters. The Labute approximate surface area is 302 Å². The van der Waals surface area contributed by atoms with E-state index in [1.165, 1.54) is 66.0 Å². The predicted molar refractivity (Wildman–Crippen MR) is 216 cm³/mol. The number of nitrogens with one attached hydrogen (secondary N) is 2. The highest BCUT2D eigenvalue weighted by atomic mass is 15.1. The highest BCUT2D eigenvalue weighted by Crippen LogP contribution is 2.43. The average molecular weight is 670 g/mol. The second-order valence-corrected chi connectivity index (χ2v) is 13.8. The summed E-state index contributed by atoms with van der Waals surface area (Å²) in [7, 11) is 0. The van der Waals surface area contributed by atoms with Crippen LogP contribution in [-0.2, 0) is 0 Å². The van der Waals surface area contributed by atoms with Crippen molar-refractivity contribution in [2.45, 2.75) is 20.0 Å². The van der Waals surface area contributed by atoms with Gasteiger partial charge in [0.1, 0.15) is 0 Å². The molecule has 2 N–H and O–H groups in total. The molecule has 248 valence electrons. The van der Waals surface area contributed by atoms with Crippen molar-refractivity contribution >= 4 is 55.0 Å². The fourth-order valence-electron chi connectivity index (χ4n) is 8.39. The highest BCUT2D eigenvalue weighted by molar-refractivity contribution is 6.17. The van der Waals surface area contributed by atoms with Crippen LogP contribution in [0.1, 0.15) is 34.0 Å². The molecule has 4 heteroatoms. The van der Waals surface area contributed by atoms with E-state index in [1.54, 1.807) is 0 Å². The van der Waals surface area contributed by atoms with E-state index in [0.717, 1.165) is 28.2 Å². The molecule has 1 aliphatic rings. The number of hydrogen-bond acceptors (Lipinski definition) is 1. The molecular formula is C48H37N4+. The second kappa shape index (κ2) is 12.0. The molecule has 7 aromatic carbocycles. The molecule has 0 amide bonds. The Bertz CT molecular complexity index is 2820. The maximum absolute atomic E-state index is 4.03. The first-order valence-corrected chi connectivity index (χ1v) is 18.0. The smallest absolute Gasteiger partial charge is 0.251 e. The zero-order valence-electron chi connectivity index (χ0n) is 29.1. The molecule has 1 atom stereocenters. The van der Waals surface area contributed by atoms with Gasteiger partial charge in [-0.25, -0.2) is 4.99 Å². The monoisotopic (exact) mass is 669 g/mol. The standard InChI is InChI=1S/C48H36N4/c1-31-16-15-17-32(2)46(31)52-43-27-14-11-24-37(43)38-28-29-44(51-41-25-12-9-22-35(41)36-23-10-13-26-42(36)51)45(47(38)52)40-30-39(33-18-5-3-6-19-33)49-48(50-40)34-20-7-4-8-21-34/h3-30,48,50H,1-2H3/p+1. The van der Waals surface area contributed by atoms with Crippen molar-refractivity contribution in [1.29, 1.82) is 0 Å². The van der Waals surface area contributed by atoms with Gasteiger partial charge in [0.25, 0.3) is 6.17 Å². The largest absolute Gasteiger partial charge is 0.323 e. The minimum absolute atomic E-state index is 0.157. The Balaban J connectivity index is 1.39. The molecule has 0 aliphatic carbocycles. The summed E-state index contributed by atoms with van der Waals surface area (Å²) in [5.74, 6) is 0. The van der Waals surface area contributed by atoms with Gasteiger partial charge in [0.15, 0.2) is 0 Å². The number of nitrogens with zero attached hydrogens (tertiary/aromatic N) is 2. The molecule has 3 heterocycles. The lowest BCUT2D eigenvalue weighted by Crippen LogP contribution is -2.79. The van der Waals surface area contributed by atoms with Crippen molar-refractivity contribution < 1.29 is 4.99 Å². The predicted octanol–water partition coefficient (Wildman–Crippen LogP) is 9.71. The van der Waals surface area contributed by atoms with Gasteiger partial charge in [-0.1, -0.05) is 127 Å². The van der Waals surface area contributed by atoms with Crippen molar-refractivity contribution in [3.8, 4) is 11.4 Å². The van der Waals surface area contributed by atoms with Gasteiger partial charge in [-0.3, -0.25) is 0 Å². The molecule has 52 heavy (non-hydrogen) atoms. The van der Waals surface area contributed by atoms with Crippen LogP contribution in [0.3, 0.4) is 0 Å². The summed E-state index contributed by atoms with van der Waals surface area (Å²) >= 11 is 0. The zero-order valence-corrected chi connectivity index (χ0v) is 29.1. The third-order valence-electron chi connectivity index (χ3n) is 10.7.